The summed E-state index contributed by atoms with van der Waals surface area (Å²) in [6, 6.07) is 7.51. The van der Waals surface area contributed by atoms with Crippen molar-refractivity contribution in [2.45, 2.75) is 25.9 Å². The minimum Gasteiger partial charge on any atom is -0.388 e. The van der Waals surface area contributed by atoms with E-state index in [0.717, 1.165) is 11.3 Å². The van der Waals surface area contributed by atoms with Crippen molar-refractivity contribution in [3.05, 3.63) is 29.8 Å². The van der Waals surface area contributed by atoms with Gasteiger partial charge in [0.25, 0.3) is 0 Å². The Kier molecular flexibility index (Phi) is 3.07. The summed E-state index contributed by atoms with van der Waals surface area (Å²) < 4.78 is 0. The first-order valence-electron chi connectivity index (χ1n) is 5.81. The summed E-state index contributed by atoms with van der Waals surface area (Å²) in [6.45, 7) is 4.75. The van der Waals surface area contributed by atoms with E-state index in [1.165, 1.54) is 0 Å². The van der Waals surface area contributed by atoms with Gasteiger partial charge in [-0.2, -0.15) is 0 Å². The molecule has 1 saturated heterocycles. The summed E-state index contributed by atoms with van der Waals surface area (Å²) >= 11 is 0. The fourth-order valence-corrected chi connectivity index (χ4v) is 1.96. The molecule has 2 rings (SSSR count). The van der Waals surface area contributed by atoms with Crippen molar-refractivity contribution in [2.24, 2.45) is 0 Å². The molecule has 0 bridgehead atoms. The van der Waals surface area contributed by atoms with Crippen LogP contribution in [0.3, 0.4) is 0 Å². The van der Waals surface area contributed by atoms with Crippen molar-refractivity contribution < 1.29 is 9.90 Å². The number of amides is 2. The number of aryl methyl sites for hydroxylation is 1. The number of carbonyl (C=O) groups is 1. The number of benzene rings is 1. The molecule has 0 saturated carbocycles. The van der Waals surface area contributed by atoms with Crippen molar-refractivity contribution in [1.82, 2.24) is 4.90 Å². The van der Waals surface area contributed by atoms with Gasteiger partial charge in [0, 0.05) is 12.2 Å². The van der Waals surface area contributed by atoms with Crippen LogP contribution in [-0.4, -0.2) is 34.7 Å². The van der Waals surface area contributed by atoms with Crippen LogP contribution in [0, 0.1) is 6.92 Å². The van der Waals surface area contributed by atoms with E-state index in [0.29, 0.717) is 19.5 Å². The Bertz CT molecular complexity index is 412. The number of anilines is 1. The fourth-order valence-electron chi connectivity index (χ4n) is 1.96. The highest BCUT2D eigenvalue weighted by Crippen LogP contribution is 2.21. The van der Waals surface area contributed by atoms with E-state index < -0.39 is 5.60 Å². The summed E-state index contributed by atoms with van der Waals surface area (Å²) in [6.07, 6.45) is 0.633. The second-order valence-corrected chi connectivity index (χ2v) is 4.96. The summed E-state index contributed by atoms with van der Waals surface area (Å²) in [5.74, 6) is 0. The van der Waals surface area contributed by atoms with Crippen LogP contribution in [0.15, 0.2) is 24.3 Å². The monoisotopic (exact) mass is 234 g/mol. The molecule has 1 heterocycles. The maximum absolute atomic E-state index is 11.9. The van der Waals surface area contributed by atoms with E-state index in [4.69, 9.17) is 0 Å². The Morgan fingerprint density at radius 1 is 1.41 bits per heavy atom. The van der Waals surface area contributed by atoms with Crippen LogP contribution >= 0.6 is 0 Å². The maximum atomic E-state index is 11.9. The predicted molar refractivity (Wildman–Crippen MR) is 67.0 cm³/mol. The van der Waals surface area contributed by atoms with Gasteiger partial charge in [-0.3, -0.25) is 0 Å². The summed E-state index contributed by atoms with van der Waals surface area (Å²) in [4.78, 5) is 13.5. The lowest BCUT2D eigenvalue weighted by Crippen LogP contribution is -2.36. The number of hydrogen-bond acceptors (Lipinski definition) is 2. The molecule has 1 atom stereocenters. The number of likely N-dealkylation sites (tertiary alicyclic amines) is 1. The van der Waals surface area contributed by atoms with E-state index in [1.807, 2.05) is 31.2 Å². The third-order valence-corrected chi connectivity index (χ3v) is 3.04. The van der Waals surface area contributed by atoms with Crippen molar-refractivity contribution in [2.75, 3.05) is 18.4 Å². The standard InChI is InChI=1S/C13H18N2O2/c1-10-3-5-11(6-4-10)14-12(16)15-8-7-13(2,17)9-15/h3-6,17H,7-9H2,1-2H3,(H,14,16)/t13-/m1/s1. The maximum Gasteiger partial charge on any atom is 0.321 e. The number of rotatable bonds is 1. The summed E-state index contributed by atoms with van der Waals surface area (Å²) in [7, 11) is 0. The van der Waals surface area contributed by atoms with Gasteiger partial charge in [-0.05, 0) is 32.4 Å². The first kappa shape index (κ1) is 11.9. The first-order chi connectivity index (χ1) is 7.96. The average Bonchev–Trinajstić information content (AvgIpc) is 2.62. The quantitative estimate of drug-likeness (QED) is 0.780. The van der Waals surface area contributed by atoms with Crippen LogP contribution in [0.25, 0.3) is 0 Å². The highest BCUT2D eigenvalue weighted by atomic mass is 16.3. The van der Waals surface area contributed by atoms with Crippen LogP contribution in [0.2, 0.25) is 0 Å². The van der Waals surface area contributed by atoms with E-state index >= 15 is 0 Å². The third kappa shape index (κ3) is 2.97. The van der Waals surface area contributed by atoms with Gasteiger partial charge in [-0.25, -0.2) is 4.79 Å². The van der Waals surface area contributed by atoms with Crippen LogP contribution in [0.4, 0.5) is 10.5 Å². The van der Waals surface area contributed by atoms with Crippen LogP contribution in [0.5, 0.6) is 0 Å². The molecule has 1 aliphatic heterocycles. The van der Waals surface area contributed by atoms with E-state index in [2.05, 4.69) is 5.32 Å². The molecule has 1 aliphatic rings. The number of urea groups is 1. The van der Waals surface area contributed by atoms with Gasteiger partial charge in [-0.1, -0.05) is 17.7 Å². The molecule has 0 spiro atoms. The number of nitrogens with zero attached hydrogens (tertiary/aromatic N) is 1. The second kappa shape index (κ2) is 4.37. The van der Waals surface area contributed by atoms with Crippen LogP contribution in [-0.2, 0) is 0 Å². The minimum atomic E-state index is -0.745. The van der Waals surface area contributed by atoms with Gasteiger partial charge in [0.2, 0.25) is 0 Å². The van der Waals surface area contributed by atoms with E-state index in [1.54, 1.807) is 11.8 Å². The van der Waals surface area contributed by atoms with Crippen molar-refractivity contribution in [1.29, 1.82) is 0 Å². The molecule has 1 aromatic rings. The average molecular weight is 234 g/mol. The highest BCUT2D eigenvalue weighted by molar-refractivity contribution is 5.89. The molecule has 4 nitrogen and oxygen atoms in total. The van der Waals surface area contributed by atoms with E-state index in [9.17, 15) is 9.90 Å². The molecule has 0 radical (unpaired) electrons. The minimum absolute atomic E-state index is 0.147. The van der Waals surface area contributed by atoms with Gasteiger partial charge in [0.05, 0.1) is 12.1 Å². The molecular weight excluding hydrogens is 216 g/mol. The van der Waals surface area contributed by atoms with Crippen LogP contribution < -0.4 is 5.32 Å². The molecule has 17 heavy (non-hydrogen) atoms. The van der Waals surface area contributed by atoms with Crippen molar-refractivity contribution >= 4 is 11.7 Å². The Hall–Kier alpha value is -1.55. The van der Waals surface area contributed by atoms with Gasteiger partial charge >= 0.3 is 6.03 Å². The molecule has 1 fully saturated rings. The van der Waals surface area contributed by atoms with Gasteiger partial charge in [-0.15, -0.1) is 0 Å². The lowest BCUT2D eigenvalue weighted by molar-refractivity contribution is 0.0727. The number of carbonyl (C=O) groups excluding carboxylic acids is 1. The van der Waals surface area contributed by atoms with E-state index in [-0.39, 0.29) is 6.03 Å². The first-order valence-corrected chi connectivity index (χ1v) is 5.81. The zero-order chi connectivity index (χ0) is 12.5. The molecule has 2 N–H and O–H groups in total. The number of hydrogen-bond donors (Lipinski definition) is 2. The van der Waals surface area contributed by atoms with Gasteiger partial charge in [0.1, 0.15) is 0 Å². The molecule has 0 aromatic heterocycles. The van der Waals surface area contributed by atoms with Gasteiger partial charge < -0.3 is 15.3 Å². The zero-order valence-electron chi connectivity index (χ0n) is 10.2. The molecule has 1 aromatic carbocycles. The number of β-amino-alcohol motifs (C(OH)–C–C–N with tert-alkyl or cyclic N) is 1. The lowest BCUT2D eigenvalue weighted by Gasteiger charge is -2.19. The molecule has 4 heteroatoms. The molecule has 2 amide bonds. The topological polar surface area (TPSA) is 52.6 Å². The summed E-state index contributed by atoms with van der Waals surface area (Å²) in [5, 5.41) is 12.6. The fraction of sp³-hybridized carbons (Fsp3) is 0.462. The Balaban J connectivity index is 1.96. The Morgan fingerprint density at radius 3 is 2.59 bits per heavy atom. The Morgan fingerprint density at radius 2 is 2.06 bits per heavy atom. The number of nitrogens with one attached hydrogen (secondary N) is 1. The third-order valence-electron chi connectivity index (χ3n) is 3.04. The highest BCUT2D eigenvalue weighted by Gasteiger charge is 2.33. The normalized spacial score (nSPS) is 23.8. The summed E-state index contributed by atoms with van der Waals surface area (Å²) in [5.41, 5.74) is 1.20. The zero-order valence-corrected chi connectivity index (χ0v) is 10.2. The van der Waals surface area contributed by atoms with Crippen molar-refractivity contribution in [3.8, 4) is 0 Å². The van der Waals surface area contributed by atoms with Crippen molar-refractivity contribution in [3.63, 3.8) is 0 Å². The molecule has 92 valence electrons. The second-order valence-electron chi connectivity index (χ2n) is 4.96. The predicted octanol–water partition coefficient (Wildman–Crippen LogP) is 1.98. The lowest BCUT2D eigenvalue weighted by atomic mass is 10.1. The molecular formula is C13H18N2O2. The van der Waals surface area contributed by atoms with Gasteiger partial charge in [0.15, 0.2) is 0 Å². The SMILES string of the molecule is Cc1ccc(NC(=O)N2CC[C@@](C)(O)C2)cc1. The molecule has 0 unspecified atom stereocenters. The number of aliphatic hydroxyl groups is 1. The largest absolute Gasteiger partial charge is 0.388 e. The van der Waals surface area contributed by atoms with Crippen LogP contribution in [0.1, 0.15) is 18.9 Å². The molecule has 0 aliphatic carbocycles. The smallest absolute Gasteiger partial charge is 0.321 e. The Labute approximate surface area is 101 Å².